The Kier molecular flexibility index (Phi) is 6.96. The van der Waals surface area contributed by atoms with Crippen LogP contribution in [-0.2, 0) is 17.8 Å². The van der Waals surface area contributed by atoms with Crippen molar-refractivity contribution in [3.8, 4) is 16.9 Å². The summed E-state index contributed by atoms with van der Waals surface area (Å²) in [5, 5.41) is 13.7. The molecule has 0 fully saturated rings. The molecular weight excluding hydrogens is 494 g/mol. The fourth-order valence-corrected chi connectivity index (χ4v) is 4.03. The Balaban J connectivity index is 1.25. The number of carbonyl (C=O) groups is 2. The highest BCUT2D eigenvalue weighted by molar-refractivity contribution is 6.30. The van der Waals surface area contributed by atoms with Crippen molar-refractivity contribution in [1.82, 2.24) is 5.32 Å². The third kappa shape index (κ3) is 5.85. The molecule has 1 unspecified atom stereocenters. The van der Waals surface area contributed by atoms with Crippen molar-refractivity contribution in [2.75, 3.05) is 0 Å². The summed E-state index contributed by atoms with van der Waals surface area (Å²) in [6.07, 6.45) is 3.28. The zero-order valence-corrected chi connectivity index (χ0v) is 20.3. The normalized spacial score (nSPS) is 11.8. The molecule has 3 aromatic carbocycles. The van der Waals surface area contributed by atoms with E-state index < -0.39 is 17.9 Å². The van der Waals surface area contributed by atoms with Crippen molar-refractivity contribution in [2.24, 2.45) is 0 Å². The number of rotatable bonds is 9. The number of benzene rings is 3. The molecule has 2 heterocycles. The fourth-order valence-electron chi connectivity index (χ4n) is 3.91. The average Bonchev–Trinajstić information content (AvgIpc) is 3.58. The number of furan rings is 2. The number of fused-ring (bicyclic) bond motifs is 1. The van der Waals surface area contributed by atoms with Gasteiger partial charge in [-0.2, -0.15) is 0 Å². The van der Waals surface area contributed by atoms with E-state index in [2.05, 4.69) is 5.32 Å². The average molecular weight is 516 g/mol. The summed E-state index contributed by atoms with van der Waals surface area (Å²) in [5.74, 6) is -1.06. The number of ether oxygens (including phenoxy) is 1. The molecule has 1 atom stereocenters. The molecule has 2 aromatic heterocycles. The molecule has 0 radical (unpaired) electrons. The summed E-state index contributed by atoms with van der Waals surface area (Å²) in [5.41, 5.74) is 4.09. The molecule has 37 heavy (non-hydrogen) atoms. The number of hydrogen-bond donors (Lipinski definition) is 2. The van der Waals surface area contributed by atoms with E-state index in [-0.39, 0.29) is 12.2 Å². The van der Waals surface area contributed by atoms with Gasteiger partial charge in [0, 0.05) is 22.4 Å². The number of halogens is 1. The number of aliphatic carboxylic acids is 1. The molecule has 0 aliphatic carbocycles. The van der Waals surface area contributed by atoms with Gasteiger partial charge in [0.25, 0.3) is 5.91 Å². The lowest BCUT2D eigenvalue weighted by molar-refractivity contribution is -0.139. The van der Waals surface area contributed by atoms with Crippen molar-refractivity contribution in [2.45, 2.75) is 19.1 Å². The van der Waals surface area contributed by atoms with Crippen LogP contribution < -0.4 is 10.1 Å². The SMILES string of the molecule is O=C(NC(Cc1ccc(OCc2ccoc2)cc1)C(=O)O)c1cc2cc(-c3ccc(Cl)cc3)ccc2o1. The first-order valence-electron chi connectivity index (χ1n) is 11.5. The van der Waals surface area contributed by atoms with Gasteiger partial charge in [0.15, 0.2) is 5.76 Å². The van der Waals surface area contributed by atoms with Crippen molar-refractivity contribution >= 4 is 34.4 Å². The first-order chi connectivity index (χ1) is 17.9. The van der Waals surface area contributed by atoms with Gasteiger partial charge in [0.2, 0.25) is 0 Å². The summed E-state index contributed by atoms with van der Waals surface area (Å²) in [7, 11) is 0. The molecule has 1 amide bonds. The van der Waals surface area contributed by atoms with E-state index >= 15 is 0 Å². The van der Waals surface area contributed by atoms with E-state index in [0.717, 1.165) is 27.6 Å². The van der Waals surface area contributed by atoms with Crippen molar-refractivity contribution < 1.29 is 28.3 Å². The lowest BCUT2D eigenvalue weighted by atomic mass is 10.0. The quantitative estimate of drug-likeness (QED) is 0.237. The van der Waals surface area contributed by atoms with E-state index in [1.807, 2.05) is 42.5 Å². The lowest BCUT2D eigenvalue weighted by Gasteiger charge is -2.14. The minimum Gasteiger partial charge on any atom is -0.489 e. The Bertz CT molecular complexity index is 1520. The summed E-state index contributed by atoms with van der Waals surface area (Å²) in [4.78, 5) is 24.7. The van der Waals surface area contributed by atoms with Gasteiger partial charge in [-0.05, 0) is 65.2 Å². The zero-order chi connectivity index (χ0) is 25.8. The second-order valence-corrected chi connectivity index (χ2v) is 8.94. The highest BCUT2D eigenvalue weighted by atomic mass is 35.5. The van der Waals surface area contributed by atoms with Crippen LogP contribution in [0.25, 0.3) is 22.1 Å². The van der Waals surface area contributed by atoms with Gasteiger partial charge >= 0.3 is 5.97 Å². The van der Waals surface area contributed by atoms with Gasteiger partial charge in [-0.3, -0.25) is 4.79 Å². The predicted molar refractivity (Wildman–Crippen MR) is 139 cm³/mol. The van der Waals surface area contributed by atoms with Crippen LogP contribution in [0.15, 0.2) is 100 Å². The Hall–Kier alpha value is -4.49. The molecule has 7 nitrogen and oxygen atoms in total. The summed E-state index contributed by atoms with van der Waals surface area (Å²) in [6, 6.07) is 22.4. The molecule has 0 aliphatic rings. The minimum absolute atomic E-state index is 0.0394. The molecular formula is C29H22ClNO6. The Morgan fingerprint density at radius 2 is 1.68 bits per heavy atom. The number of hydrogen-bond acceptors (Lipinski definition) is 5. The van der Waals surface area contributed by atoms with E-state index in [1.54, 1.807) is 48.9 Å². The molecule has 2 N–H and O–H groups in total. The maximum absolute atomic E-state index is 12.9. The summed E-state index contributed by atoms with van der Waals surface area (Å²) >= 11 is 5.97. The van der Waals surface area contributed by atoms with E-state index in [0.29, 0.717) is 23.0 Å². The van der Waals surface area contributed by atoms with Crippen LogP contribution in [0.3, 0.4) is 0 Å². The Morgan fingerprint density at radius 3 is 2.38 bits per heavy atom. The Labute approximate surface area is 217 Å². The maximum atomic E-state index is 12.9. The monoisotopic (exact) mass is 515 g/mol. The molecule has 0 spiro atoms. The summed E-state index contributed by atoms with van der Waals surface area (Å²) in [6.45, 7) is 0.363. The lowest BCUT2D eigenvalue weighted by Crippen LogP contribution is -2.42. The molecule has 8 heteroatoms. The van der Waals surface area contributed by atoms with Gasteiger partial charge in [-0.1, -0.05) is 41.9 Å². The molecule has 186 valence electrons. The van der Waals surface area contributed by atoms with Crippen LogP contribution in [0.5, 0.6) is 5.75 Å². The minimum atomic E-state index is -1.14. The zero-order valence-electron chi connectivity index (χ0n) is 19.5. The first-order valence-corrected chi connectivity index (χ1v) is 11.9. The second-order valence-electron chi connectivity index (χ2n) is 8.50. The van der Waals surface area contributed by atoms with Gasteiger partial charge in [0.05, 0.1) is 12.5 Å². The van der Waals surface area contributed by atoms with Crippen molar-refractivity contribution in [3.05, 3.63) is 113 Å². The smallest absolute Gasteiger partial charge is 0.326 e. The van der Waals surface area contributed by atoms with E-state index in [9.17, 15) is 14.7 Å². The highest BCUT2D eigenvalue weighted by Crippen LogP contribution is 2.28. The molecule has 5 aromatic rings. The van der Waals surface area contributed by atoms with E-state index in [1.165, 1.54) is 0 Å². The third-order valence-corrected chi connectivity index (χ3v) is 6.12. The van der Waals surface area contributed by atoms with Crippen LogP contribution in [0.2, 0.25) is 5.02 Å². The number of carboxylic acid groups (broad SMARTS) is 1. The second kappa shape index (κ2) is 10.6. The molecule has 5 rings (SSSR count). The largest absolute Gasteiger partial charge is 0.489 e. The van der Waals surface area contributed by atoms with Crippen molar-refractivity contribution in [3.63, 3.8) is 0 Å². The molecule has 0 aliphatic heterocycles. The van der Waals surface area contributed by atoms with Gasteiger partial charge in [-0.15, -0.1) is 0 Å². The number of nitrogens with one attached hydrogen (secondary N) is 1. The third-order valence-electron chi connectivity index (χ3n) is 5.87. The highest BCUT2D eigenvalue weighted by Gasteiger charge is 2.23. The number of amides is 1. The van der Waals surface area contributed by atoms with E-state index in [4.69, 9.17) is 25.2 Å². The topological polar surface area (TPSA) is 102 Å². The van der Waals surface area contributed by atoms with Gasteiger partial charge in [-0.25, -0.2) is 4.79 Å². The molecule has 0 saturated carbocycles. The van der Waals surface area contributed by atoms with Crippen LogP contribution in [0, 0.1) is 0 Å². The molecule has 0 bridgehead atoms. The number of carbonyl (C=O) groups excluding carboxylic acids is 1. The number of carboxylic acids is 1. The van der Waals surface area contributed by atoms with Crippen LogP contribution in [0.4, 0.5) is 0 Å². The van der Waals surface area contributed by atoms with Gasteiger partial charge in [0.1, 0.15) is 24.0 Å². The standard InChI is InChI=1S/C29H22ClNO6/c30-23-6-3-20(4-7-23)21-5-10-26-22(14-21)15-27(37-26)28(32)31-25(29(33)34)13-18-1-8-24(9-2-18)36-17-19-11-12-35-16-19/h1-12,14-16,25H,13,17H2,(H,31,32)(H,33,34). The van der Waals surface area contributed by atoms with Crippen LogP contribution in [0.1, 0.15) is 21.7 Å². The van der Waals surface area contributed by atoms with Gasteiger partial charge < -0.3 is 24.0 Å². The fraction of sp³-hybridized carbons (Fsp3) is 0.103. The van der Waals surface area contributed by atoms with Crippen LogP contribution >= 0.6 is 11.6 Å². The Morgan fingerprint density at radius 1 is 0.919 bits per heavy atom. The molecule has 0 saturated heterocycles. The predicted octanol–water partition coefficient (Wildman–Crippen LogP) is 6.35. The first kappa shape index (κ1) is 24.2. The summed E-state index contributed by atoms with van der Waals surface area (Å²) < 4.78 is 16.4. The maximum Gasteiger partial charge on any atom is 0.326 e. The van der Waals surface area contributed by atoms with Crippen molar-refractivity contribution in [1.29, 1.82) is 0 Å². The van der Waals surface area contributed by atoms with Crippen LogP contribution in [-0.4, -0.2) is 23.0 Å².